The first-order valence-electron chi connectivity index (χ1n) is 6.54. The molecule has 2 rings (SSSR count). The molecule has 0 saturated heterocycles. The Kier molecular flexibility index (Phi) is 14.3. The maximum absolute atomic E-state index is 5.63. The van der Waals surface area contributed by atoms with Gasteiger partial charge in [-0.1, -0.05) is 20.5 Å². The second-order valence-corrected chi connectivity index (χ2v) is 3.98. The standard InChI is InChI=1S/C14H20O5.BH4.K/c1-2-4-14-13(3-1)18-11-9-16-7-5-15-6-8-17-10-12-19-14;;/h1-4H,5-12H2;1H4;/q;-1;+1. The van der Waals surface area contributed by atoms with Crippen LogP contribution in [0.2, 0.25) is 0 Å². The molecule has 114 valence electrons. The van der Waals surface area contributed by atoms with Crippen molar-refractivity contribution in [2.24, 2.45) is 0 Å². The molecule has 0 aromatic heterocycles. The molecule has 0 spiro atoms. The topological polar surface area (TPSA) is 46.2 Å². The van der Waals surface area contributed by atoms with Gasteiger partial charge in [-0.25, -0.2) is 0 Å². The van der Waals surface area contributed by atoms with Crippen molar-refractivity contribution in [2.45, 2.75) is 0 Å². The first-order valence-corrected chi connectivity index (χ1v) is 6.54. The van der Waals surface area contributed by atoms with Crippen molar-refractivity contribution in [3.63, 3.8) is 0 Å². The van der Waals surface area contributed by atoms with Crippen LogP contribution in [0.1, 0.15) is 0 Å². The molecule has 1 aliphatic heterocycles. The summed E-state index contributed by atoms with van der Waals surface area (Å²) in [5.74, 6) is 1.47. The minimum absolute atomic E-state index is 0. The Morgan fingerprint density at radius 3 is 1.29 bits per heavy atom. The summed E-state index contributed by atoms with van der Waals surface area (Å²) in [5.41, 5.74) is 0. The third-order valence-electron chi connectivity index (χ3n) is 2.56. The van der Waals surface area contributed by atoms with E-state index in [0.29, 0.717) is 52.9 Å². The second-order valence-electron chi connectivity index (χ2n) is 3.98. The molecule has 21 heavy (non-hydrogen) atoms. The van der Waals surface area contributed by atoms with Gasteiger partial charge in [0, 0.05) is 0 Å². The van der Waals surface area contributed by atoms with Crippen molar-refractivity contribution in [1.82, 2.24) is 0 Å². The van der Waals surface area contributed by atoms with Crippen LogP contribution in [0.25, 0.3) is 0 Å². The molecular formula is C14H24BKO5. The molecule has 0 saturated carbocycles. The number of hydrogen-bond donors (Lipinski definition) is 0. The molecule has 0 radical (unpaired) electrons. The largest absolute Gasteiger partial charge is 1.00 e. The first-order chi connectivity index (χ1) is 9.47. The van der Waals surface area contributed by atoms with E-state index in [1.165, 1.54) is 0 Å². The van der Waals surface area contributed by atoms with Gasteiger partial charge in [-0.05, 0) is 12.1 Å². The van der Waals surface area contributed by atoms with E-state index in [4.69, 9.17) is 23.7 Å². The molecule has 1 aromatic carbocycles. The van der Waals surface area contributed by atoms with E-state index in [-0.39, 0.29) is 59.8 Å². The van der Waals surface area contributed by atoms with Gasteiger partial charge in [-0.15, -0.1) is 0 Å². The van der Waals surface area contributed by atoms with E-state index in [1.54, 1.807) is 0 Å². The Morgan fingerprint density at radius 2 is 0.905 bits per heavy atom. The molecule has 0 bridgehead atoms. The SMILES string of the molecule is [BH4-].[K+].c1ccc2c(c1)OCCOCCOCCOCCO2. The van der Waals surface area contributed by atoms with E-state index in [1.807, 2.05) is 24.3 Å². The molecule has 0 N–H and O–H groups in total. The van der Waals surface area contributed by atoms with Crippen LogP contribution in [0.15, 0.2) is 24.3 Å². The van der Waals surface area contributed by atoms with Gasteiger partial charge in [0.1, 0.15) is 13.2 Å². The Balaban J connectivity index is 0.00000200. The smallest absolute Gasteiger partial charge is 0.487 e. The van der Waals surface area contributed by atoms with E-state index >= 15 is 0 Å². The van der Waals surface area contributed by atoms with Crippen molar-refractivity contribution >= 4 is 8.41 Å². The fourth-order valence-electron chi connectivity index (χ4n) is 1.65. The van der Waals surface area contributed by atoms with Crippen LogP contribution in [0.4, 0.5) is 0 Å². The summed E-state index contributed by atoms with van der Waals surface area (Å²) in [6.07, 6.45) is 0. The van der Waals surface area contributed by atoms with Gasteiger partial charge in [0.05, 0.1) is 39.6 Å². The zero-order valence-electron chi connectivity index (χ0n) is 12.0. The average Bonchev–Trinajstić information content (AvgIpc) is 2.45. The van der Waals surface area contributed by atoms with Gasteiger partial charge in [0.15, 0.2) is 11.5 Å². The van der Waals surface area contributed by atoms with Crippen molar-refractivity contribution in [1.29, 1.82) is 0 Å². The van der Waals surface area contributed by atoms with Crippen molar-refractivity contribution in [3.05, 3.63) is 24.3 Å². The molecule has 1 aliphatic rings. The Bertz CT molecular complexity index is 334. The van der Waals surface area contributed by atoms with Crippen LogP contribution in [-0.2, 0) is 14.2 Å². The molecular weight excluding hydrogens is 298 g/mol. The zero-order chi connectivity index (χ0) is 13.2. The fraction of sp³-hybridized carbons (Fsp3) is 0.571. The fourth-order valence-corrected chi connectivity index (χ4v) is 1.65. The molecule has 0 aliphatic carbocycles. The van der Waals surface area contributed by atoms with Crippen LogP contribution in [0, 0.1) is 0 Å². The number of rotatable bonds is 0. The zero-order valence-corrected chi connectivity index (χ0v) is 15.1. The van der Waals surface area contributed by atoms with E-state index in [9.17, 15) is 0 Å². The number of fused-ring (bicyclic) bond motifs is 1. The Morgan fingerprint density at radius 1 is 0.571 bits per heavy atom. The molecule has 0 unspecified atom stereocenters. The third-order valence-corrected chi connectivity index (χ3v) is 2.56. The molecule has 5 nitrogen and oxygen atoms in total. The number of hydrogen-bond acceptors (Lipinski definition) is 5. The van der Waals surface area contributed by atoms with Crippen LogP contribution >= 0.6 is 0 Å². The maximum atomic E-state index is 5.63. The van der Waals surface area contributed by atoms with Gasteiger partial charge in [-0.2, -0.15) is 0 Å². The quantitative estimate of drug-likeness (QED) is 0.479. The summed E-state index contributed by atoms with van der Waals surface area (Å²) in [7, 11) is 0. The van der Waals surface area contributed by atoms with Crippen LogP contribution < -0.4 is 60.9 Å². The normalized spacial score (nSPS) is 17.3. The summed E-state index contributed by atoms with van der Waals surface area (Å²) >= 11 is 0. The Hall–Kier alpha value is 0.401. The second kappa shape index (κ2) is 14.0. The summed E-state index contributed by atoms with van der Waals surface area (Å²) in [4.78, 5) is 0. The van der Waals surface area contributed by atoms with Gasteiger partial charge < -0.3 is 23.7 Å². The third kappa shape index (κ3) is 9.20. The van der Waals surface area contributed by atoms with Gasteiger partial charge in [0.25, 0.3) is 0 Å². The Labute approximate surface area is 170 Å². The minimum Gasteiger partial charge on any atom is -0.487 e. The van der Waals surface area contributed by atoms with E-state index < -0.39 is 0 Å². The maximum Gasteiger partial charge on any atom is 1.00 e. The molecule has 0 amide bonds. The summed E-state index contributed by atoms with van der Waals surface area (Å²) in [5, 5.41) is 0. The molecule has 0 fully saturated rings. The van der Waals surface area contributed by atoms with Crippen molar-refractivity contribution < 1.29 is 75.1 Å². The first kappa shape index (κ1) is 21.4. The summed E-state index contributed by atoms with van der Waals surface area (Å²) in [6, 6.07) is 7.61. The molecule has 1 heterocycles. The predicted molar refractivity (Wildman–Crippen MR) is 81.2 cm³/mol. The van der Waals surface area contributed by atoms with Crippen LogP contribution in [0.5, 0.6) is 11.5 Å². The van der Waals surface area contributed by atoms with Gasteiger partial charge in [0.2, 0.25) is 0 Å². The van der Waals surface area contributed by atoms with Crippen LogP contribution in [-0.4, -0.2) is 61.3 Å². The van der Waals surface area contributed by atoms with Gasteiger partial charge in [-0.3, -0.25) is 0 Å². The predicted octanol–water partition coefficient (Wildman–Crippen LogP) is -2.94. The van der Waals surface area contributed by atoms with Crippen molar-refractivity contribution in [2.75, 3.05) is 52.9 Å². The van der Waals surface area contributed by atoms with E-state index in [0.717, 1.165) is 11.5 Å². The monoisotopic (exact) mass is 322 g/mol. The van der Waals surface area contributed by atoms with Crippen molar-refractivity contribution in [3.8, 4) is 11.5 Å². The van der Waals surface area contributed by atoms with E-state index in [2.05, 4.69) is 0 Å². The number of ether oxygens (including phenoxy) is 5. The molecule has 0 atom stereocenters. The van der Waals surface area contributed by atoms with Gasteiger partial charge >= 0.3 is 51.4 Å². The average molecular weight is 322 g/mol. The molecule has 7 heteroatoms. The summed E-state index contributed by atoms with van der Waals surface area (Å²) < 4.78 is 27.4. The van der Waals surface area contributed by atoms with Crippen LogP contribution in [0.3, 0.4) is 0 Å². The number of benzene rings is 1. The summed E-state index contributed by atoms with van der Waals surface area (Å²) in [6.45, 7) is 4.37. The number of para-hydroxylation sites is 2. The molecule has 1 aromatic rings. The minimum atomic E-state index is 0.